The summed E-state index contributed by atoms with van der Waals surface area (Å²) in [5, 5.41) is 2.81. The SMILES string of the molecule is Cc1ccc(C2CC2)cc1CNC(=O)CCl. The van der Waals surface area contributed by atoms with Crippen LogP contribution >= 0.6 is 11.6 Å². The molecule has 0 aromatic heterocycles. The van der Waals surface area contributed by atoms with Crippen LogP contribution in [-0.2, 0) is 11.3 Å². The molecule has 1 aromatic rings. The smallest absolute Gasteiger partial charge is 0.235 e. The van der Waals surface area contributed by atoms with Crippen LogP contribution in [0.1, 0.15) is 35.4 Å². The van der Waals surface area contributed by atoms with Crippen LogP contribution in [0.5, 0.6) is 0 Å². The first-order chi connectivity index (χ1) is 7.70. The lowest BCUT2D eigenvalue weighted by Gasteiger charge is -2.09. The average molecular weight is 238 g/mol. The van der Waals surface area contributed by atoms with Gasteiger partial charge in [0.15, 0.2) is 0 Å². The number of nitrogens with one attached hydrogen (secondary N) is 1. The molecule has 0 heterocycles. The lowest BCUT2D eigenvalue weighted by atomic mass is 10.0. The Kier molecular flexibility index (Phi) is 3.49. The largest absolute Gasteiger partial charge is 0.351 e. The van der Waals surface area contributed by atoms with Gasteiger partial charge in [0.25, 0.3) is 0 Å². The standard InChI is InChI=1S/C13H16ClNO/c1-9-2-3-11(10-4-5-10)6-12(9)8-15-13(16)7-14/h2-3,6,10H,4-5,7-8H2,1H3,(H,15,16). The molecule has 0 bridgehead atoms. The van der Waals surface area contributed by atoms with E-state index in [1.165, 1.54) is 29.5 Å². The van der Waals surface area contributed by atoms with Crippen molar-refractivity contribution in [2.24, 2.45) is 0 Å². The molecule has 1 saturated carbocycles. The number of alkyl halides is 1. The van der Waals surface area contributed by atoms with Gasteiger partial charge in [0.1, 0.15) is 5.88 Å². The van der Waals surface area contributed by atoms with Gasteiger partial charge in [-0.1, -0.05) is 18.2 Å². The molecule has 0 radical (unpaired) electrons. The van der Waals surface area contributed by atoms with E-state index in [0.29, 0.717) is 6.54 Å². The quantitative estimate of drug-likeness (QED) is 0.802. The molecule has 0 aliphatic heterocycles. The van der Waals surface area contributed by atoms with Crippen molar-refractivity contribution in [1.29, 1.82) is 0 Å². The second kappa shape index (κ2) is 4.88. The highest BCUT2D eigenvalue weighted by molar-refractivity contribution is 6.27. The van der Waals surface area contributed by atoms with Gasteiger partial charge in [-0.3, -0.25) is 4.79 Å². The second-order valence-electron chi connectivity index (χ2n) is 4.37. The normalized spacial score (nSPS) is 14.9. The van der Waals surface area contributed by atoms with Gasteiger partial charge < -0.3 is 5.32 Å². The van der Waals surface area contributed by atoms with Gasteiger partial charge in [0.2, 0.25) is 5.91 Å². The number of aryl methyl sites for hydroxylation is 1. The minimum atomic E-state index is -0.113. The van der Waals surface area contributed by atoms with Crippen LogP contribution in [0, 0.1) is 6.92 Å². The molecule has 3 heteroatoms. The summed E-state index contributed by atoms with van der Waals surface area (Å²) in [7, 11) is 0. The Bertz CT molecular complexity index is 399. The first-order valence-corrected chi connectivity index (χ1v) is 6.16. The maximum Gasteiger partial charge on any atom is 0.235 e. The highest BCUT2D eigenvalue weighted by Crippen LogP contribution is 2.40. The van der Waals surface area contributed by atoms with E-state index in [9.17, 15) is 4.79 Å². The molecule has 0 unspecified atom stereocenters. The molecule has 0 atom stereocenters. The number of carbonyl (C=O) groups excluding carboxylic acids is 1. The number of carbonyl (C=O) groups is 1. The lowest BCUT2D eigenvalue weighted by molar-refractivity contribution is -0.118. The molecule has 86 valence electrons. The highest BCUT2D eigenvalue weighted by atomic mass is 35.5. The third kappa shape index (κ3) is 2.76. The van der Waals surface area contributed by atoms with Crippen molar-refractivity contribution < 1.29 is 4.79 Å². The van der Waals surface area contributed by atoms with Gasteiger partial charge in [-0.05, 0) is 42.4 Å². The minimum Gasteiger partial charge on any atom is -0.351 e. The van der Waals surface area contributed by atoms with Gasteiger partial charge >= 0.3 is 0 Å². The Labute approximate surface area is 101 Å². The Balaban J connectivity index is 2.06. The summed E-state index contributed by atoms with van der Waals surface area (Å²) in [5.74, 6) is 0.669. The fourth-order valence-electron chi connectivity index (χ4n) is 1.79. The van der Waals surface area contributed by atoms with Crippen molar-refractivity contribution in [2.45, 2.75) is 32.2 Å². The molecule has 2 nitrogen and oxygen atoms in total. The fourth-order valence-corrected chi connectivity index (χ4v) is 1.89. The molecule has 1 aliphatic rings. The molecule has 0 spiro atoms. The number of hydrogen-bond donors (Lipinski definition) is 1. The molecule has 2 rings (SSSR count). The topological polar surface area (TPSA) is 29.1 Å². The molecular weight excluding hydrogens is 222 g/mol. The van der Waals surface area contributed by atoms with Crippen molar-refractivity contribution in [2.75, 3.05) is 5.88 Å². The molecular formula is C13H16ClNO. The first-order valence-electron chi connectivity index (χ1n) is 5.63. The predicted octanol–water partition coefficient (Wildman–Crippen LogP) is 2.73. The van der Waals surface area contributed by atoms with Crippen LogP contribution in [0.25, 0.3) is 0 Å². The number of hydrogen-bond acceptors (Lipinski definition) is 1. The van der Waals surface area contributed by atoms with Crippen molar-refractivity contribution >= 4 is 17.5 Å². The number of halogens is 1. The monoisotopic (exact) mass is 237 g/mol. The average Bonchev–Trinajstić information content (AvgIpc) is 3.11. The number of rotatable bonds is 4. The zero-order valence-electron chi connectivity index (χ0n) is 9.42. The number of amides is 1. The molecule has 1 aliphatic carbocycles. The summed E-state index contributed by atoms with van der Waals surface area (Å²) in [6.45, 7) is 2.65. The first kappa shape index (κ1) is 11.5. The second-order valence-corrected chi connectivity index (χ2v) is 4.64. The van der Waals surface area contributed by atoms with Gasteiger partial charge in [0.05, 0.1) is 0 Å². The summed E-state index contributed by atoms with van der Waals surface area (Å²) in [6.07, 6.45) is 2.60. The van der Waals surface area contributed by atoms with Gasteiger partial charge in [0, 0.05) is 6.54 Å². The number of benzene rings is 1. The zero-order chi connectivity index (χ0) is 11.5. The van der Waals surface area contributed by atoms with Crippen molar-refractivity contribution in [3.63, 3.8) is 0 Å². The minimum absolute atomic E-state index is 0.0291. The Morgan fingerprint density at radius 1 is 1.50 bits per heavy atom. The van der Waals surface area contributed by atoms with Crippen LogP contribution in [0.3, 0.4) is 0 Å². The van der Waals surface area contributed by atoms with Crippen LogP contribution in [0.4, 0.5) is 0 Å². The van der Waals surface area contributed by atoms with E-state index in [-0.39, 0.29) is 11.8 Å². The molecule has 1 N–H and O–H groups in total. The van der Waals surface area contributed by atoms with Gasteiger partial charge in [-0.15, -0.1) is 11.6 Å². The Morgan fingerprint density at radius 2 is 2.25 bits per heavy atom. The van der Waals surface area contributed by atoms with E-state index in [1.807, 2.05) is 0 Å². The lowest BCUT2D eigenvalue weighted by Crippen LogP contribution is -2.24. The van der Waals surface area contributed by atoms with Crippen molar-refractivity contribution in [1.82, 2.24) is 5.32 Å². The molecule has 1 amide bonds. The van der Waals surface area contributed by atoms with Crippen molar-refractivity contribution in [3.05, 3.63) is 34.9 Å². The molecule has 1 fully saturated rings. The summed E-state index contributed by atoms with van der Waals surface area (Å²) in [4.78, 5) is 11.1. The van der Waals surface area contributed by atoms with E-state index >= 15 is 0 Å². The third-order valence-electron chi connectivity index (χ3n) is 3.02. The van der Waals surface area contributed by atoms with E-state index in [2.05, 4.69) is 30.4 Å². The maximum absolute atomic E-state index is 11.1. The van der Waals surface area contributed by atoms with Crippen LogP contribution in [0.2, 0.25) is 0 Å². The van der Waals surface area contributed by atoms with E-state index in [4.69, 9.17) is 11.6 Å². The molecule has 0 saturated heterocycles. The summed E-state index contributed by atoms with van der Waals surface area (Å²) in [6, 6.07) is 6.54. The highest BCUT2D eigenvalue weighted by Gasteiger charge is 2.23. The summed E-state index contributed by atoms with van der Waals surface area (Å²) < 4.78 is 0. The van der Waals surface area contributed by atoms with E-state index < -0.39 is 0 Å². The van der Waals surface area contributed by atoms with Crippen LogP contribution < -0.4 is 5.32 Å². The van der Waals surface area contributed by atoms with Gasteiger partial charge in [-0.2, -0.15) is 0 Å². The molecule has 16 heavy (non-hydrogen) atoms. The van der Waals surface area contributed by atoms with E-state index in [0.717, 1.165) is 5.92 Å². The summed E-state index contributed by atoms with van der Waals surface area (Å²) in [5.41, 5.74) is 3.82. The maximum atomic E-state index is 11.1. The summed E-state index contributed by atoms with van der Waals surface area (Å²) >= 11 is 5.44. The van der Waals surface area contributed by atoms with Crippen molar-refractivity contribution in [3.8, 4) is 0 Å². The fraction of sp³-hybridized carbons (Fsp3) is 0.462. The van der Waals surface area contributed by atoms with Crippen LogP contribution in [-0.4, -0.2) is 11.8 Å². The van der Waals surface area contributed by atoms with Crippen LogP contribution in [0.15, 0.2) is 18.2 Å². The zero-order valence-corrected chi connectivity index (χ0v) is 10.2. The van der Waals surface area contributed by atoms with Gasteiger partial charge in [-0.25, -0.2) is 0 Å². The molecule has 1 aromatic carbocycles. The third-order valence-corrected chi connectivity index (χ3v) is 3.26. The predicted molar refractivity (Wildman–Crippen MR) is 65.7 cm³/mol. The Morgan fingerprint density at radius 3 is 2.88 bits per heavy atom. The Hall–Kier alpha value is -1.02. The van der Waals surface area contributed by atoms with E-state index in [1.54, 1.807) is 0 Å².